The van der Waals surface area contributed by atoms with E-state index in [-0.39, 0.29) is 19.1 Å². The Kier molecular flexibility index (Phi) is 4.80. The van der Waals surface area contributed by atoms with Crippen LogP contribution in [0.5, 0.6) is 0 Å². The predicted molar refractivity (Wildman–Crippen MR) is 76.2 cm³/mol. The lowest BCUT2D eigenvalue weighted by Crippen LogP contribution is -2.43. The van der Waals surface area contributed by atoms with E-state index in [1.807, 2.05) is 0 Å². The van der Waals surface area contributed by atoms with Gasteiger partial charge in [-0.1, -0.05) is 17.7 Å². The molecule has 2 rings (SSSR count). The Morgan fingerprint density at radius 1 is 1.33 bits per heavy atom. The van der Waals surface area contributed by atoms with Crippen LogP contribution in [0.25, 0.3) is 0 Å². The van der Waals surface area contributed by atoms with Crippen LogP contribution in [-0.2, 0) is 9.59 Å². The molecule has 2 amide bonds. The highest BCUT2D eigenvalue weighted by Gasteiger charge is 2.33. The first-order valence-corrected chi connectivity index (χ1v) is 6.90. The van der Waals surface area contributed by atoms with Gasteiger partial charge in [-0.15, -0.1) is 0 Å². The highest BCUT2D eigenvalue weighted by atomic mass is 35.5. The summed E-state index contributed by atoms with van der Waals surface area (Å²) in [5.74, 6) is -1.87. The minimum Gasteiger partial charge on any atom is -0.480 e. The zero-order valence-electron chi connectivity index (χ0n) is 11.2. The second-order valence-corrected chi connectivity index (χ2v) is 5.28. The van der Waals surface area contributed by atoms with Gasteiger partial charge in [0.15, 0.2) is 0 Å². The highest BCUT2D eigenvalue weighted by Crippen LogP contribution is 2.26. The summed E-state index contributed by atoms with van der Waals surface area (Å²) in [6.07, 6.45) is 1.61. The monoisotopic (exact) mass is 310 g/mol. The second kappa shape index (κ2) is 6.58. The lowest BCUT2D eigenvalue weighted by atomic mass is 10.2. The van der Waals surface area contributed by atoms with Gasteiger partial charge in [0.2, 0.25) is 5.91 Å². The van der Waals surface area contributed by atoms with Crippen LogP contribution in [0.3, 0.4) is 0 Å². The van der Waals surface area contributed by atoms with E-state index in [4.69, 9.17) is 16.7 Å². The molecule has 0 aromatic heterocycles. The minimum atomic E-state index is -1.06. The van der Waals surface area contributed by atoms with E-state index in [1.54, 1.807) is 18.2 Å². The second-order valence-electron chi connectivity index (χ2n) is 4.84. The van der Waals surface area contributed by atoms with E-state index < -0.39 is 17.8 Å². The van der Waals surface area contributed by atoms with Gasteiger partial charge in [0.25, 0.3) is 5.91 Å². The van der Waals surface area contributed by atoms with Crippen LogP contribution in [0.2, 0.25) is 5.02 Å². The van der Waals surface area contributed by atoms with Crippen molar-refractivity contribution in [2.24, 2.45) is 0 Å². The summed E-state index contributed by atoms with van der Waals surface area (Å²) in [6, 6.07) is 6.35. The molecule has 0 heterocycles. The Hall–Kier alpha value is -2.08. The summed E-state index contributed by atoms with van der Waals surface area (Å²) in [6.45, 7) is -0.564. The van der Waals surface area contributed by atoms with Gasteiger partial charge in [-0.2, -0.15) is 0 Å². The number of halogens is 1. The molecule has 1 aliphatic carbocycles. The molecule has 0 saturated heterocycles. The number of nitrogens with zero attached hydrogens (tertiary/aromatic N) is 1. The summed E-state index contributed by atoms with van der Waals surface area (Å²) in [4.78, 5) is 35.9. The van der Waals surface area contributed by atoms with Gasteiger partial charge in [0, 0.05) is 16.6 Å². The summed E-state index contributed by atoms with van der Waals surface area (Å²) in [7, 11) is 0. The van der Waals surface area contributed by atoms with Crippen molar-refractivity contribution in [3.8, 4) is 0 Å². The number of amides is 2. The standard InChI is InChI=1S/C14H15ClN2O4/c15-10-3-1-2-9(6-10)14(21)16-7-12(18)17(8-13(19)20)11-4-5-11/h1-3,6,11H,4-5,7-8H2,(H,16,21)(H,19,20). The molecule has 1 fully saturated rings. The molecule has 1 aliphatic rings. The molecule has 1 aromatic rings. The molecular weight excluding hydrogens is 296 g/mol. The average Bonchev–Trinajstić information content (AvgIpc) is 3.26. The third kappa shape index (κ3) is 4.46. The van der Waals surface area contributed by atoms with Crippen molar-refractivity contribution in [2.75, 3.05) is 13.1 Å². The number of hydrogen-bond donors (Lipinski definition) is 2. The van der Waals surface area contributed by atoms with Gasteiger partial charge < -0.3 is 15.3 Å². The minimum absolute atomic E-state index is 0.0170. The van der Waals surface area contributed by atoms with Gasteiger partial charge >= 0.3 is 5.97 Å². The van der Waals surface area contributed by atoms with Crippen LogP contribution in [0, 0.1) is 0 Å². The number of benzene rings is 1. The van der Waals surface area contributed by atoms with Crippen LogP contribution in [-0.4, -0.2) is 46.9 Å². The molecule has 0 atom stereocenters. The van der Waals surface area contributed by atoms with Gasteiger partial charge in [-0.25, -0.2) is 0 Å². The number of carbonyl (C=O) groups excluding carboxylic acids is 2. The molecule has 0 spiro atoms. The van der Waals surface area contributed by atoms with Crippen molar-refractivity contribution in [3.05, 3.63) is 34.9 Å². The zero-order chi connectivity index (χ0) is 15.4. The van der Waals surface area contributed by atoms with E-state index in [9.17, 15) is 14.4 Å². The fourth-order valence-electron chi connectivity index (χ4n) is 1.94. The van der Waals surface area contributed by atoms with Crippen molar-refractivity contribution >= 4 is 29.4 Å². The van der Waals surface area contributed by atoms with Crippen LogP contribution < -0.4 is 5.32 Å². The lowest BCUT2D eigenvalue weighted by Gasteiger charge is -2.20. The molecule has 112 valence electrons. The normalized spacial score (nSPS) is 13.6. The molecule has 0 radical (unpaired) electrons. The SMILES string of the molecule is O=C(O)CN(C(=O)CNC(=O)c1cccc(Cl)c1)C1CC1. The van der Waals surface area contributed by atoms with E-state index in [0.29, 0.717) is 10.6 Å². The van der Waals surface area contributed by atoms with Crippen LogP contribution in [0.1, 0.15) is 23.2 Å². The van der Waals surface area contributed by atoms with Crippen LogP contribution in [0.15, 0.2) is 24.3 Å². The molecule has 0 unspecified atom stereocenters. The Morgan fingerprint density at radius 2 is 2.05 bits per heavy atom. The van der Waals surface area contributed by atoms with Crippen molar-refractivity contribution < 1.29 is 19.5 Å². The highest BCUT2D eigenvalue weighted by molar-refractivity contribution is 6.30. The number of rotatable bonds is 6. The maximum atomic E-state index is 12.0. The average molecular weight is 311 g/mol. The molecule has 6 nitrogen and oxygen atoms in total. The Bertz CT molecular complexity index is 572. The maximum Gasteiger partial charge on any atom is 0.323 e. The van der Waals surface area contributed by atoms with E-state index in [0.717, 1.165) is 12.8 Å². The number of nitrogens with one attached hydrogen (secondary N) is 1. The first kappa shape index (κ1) is 15.3. The number of carboxylic acid groups (broad SMARTS) is 1. The summed E-state index contributed by atoms with van der Waals surface area (Å²) < 4.78 is 0. The Labute approximate surface area is 126 Å². The molecule has 1 aromatic carbocycles. The van der Waals surface area contributed by atoms with Crippen molar-refractivity contribution in [3.63, 3.8) is 0 Å². The topological polar surface area (TPSA) is 86.7 Å². The number of carboxylic acids is 1. The molecular formula is C14H15ClN2O4. The zero-order valence-corrected chi connectivity index (χ0v) is 12.0. The molecule has 0 aliphatic heterocycles. The van der Waals surface area contributed by atoms with E-state index in [2.05, 4.69) is 5.32 Å². The summed E-state index contributed by atoms with van der Waals surface area (Å²) in [5, 5.41) is 11.7. The fraction of sp³-hybridized carbons (Fsp3) is 0.357. The smallest absolute Gasteiger partial charge is 0.323 e. The van der Waals surface area contributed by atoms with Crippen LogP contribution >= 0.6 is 11.6 Å². The van der Waals surface area contributed by atoms with E-state index >= 15 is 0 Å². The van der Waals surface area contributed by atoms with Crippen LogP contribution in [0.4, 0.5) is 0 Å². The third-order valence-electron chi connectivity index (χ3n) is 3.10. The predicted octanol–water partition coefficient (Wildman–Crippen LogP) is 1.15. The largest absolute Gasteiger partial charge is 0.480 e. The molecule has 1 saturated carbocycles. The van der Waals surface area contributed by atoms with Gasteiger partial charge in [0.1, 0.15) is 6.54 Å². The number of aliphatic carboxylic acids is 1. The molecule has 2 N–H and O–H groups in total. The van der Waals surface area contributed by atoms with Crippen molar-refractivity contribution in [1.29, 1.82) is 0 Å². The van der Waals surface area contributed by atoms with Crippen molar-refractivity contribution in [1.82, 2.24) is 10.2 Å². The fourth-order valence-corrected chi connectivity index (χ4v) is 2.13. The Morgan fingerprint density at radius 3 is 2.62 bits per heavy atom. The maximum absolute atomic E-state index is 12.0. The van der Waals surface area contributed by atoms with Gasteiger partial charge in [-0.05, 0) is 31.0 Å². The Balaban J connectivity index is 1.90. The molecule has 7 heteroatoms. The first-order chi connectivity index (χ1) is 9.97. The quantitative estimate of drug-likeness (QED) is 0.825. The third-order valence-corrected chi connectivity index (χ3v) is 3.34. The van der Waals surface area contributed by atoms with Crippen molar-refractivity contribution in [2.45, 2.75) is 18.9 Å². The molecule has 21 heavy (non-hydrogen) atoms. The first-order valence-electron chi connectivity index (χ1n) is 6.52. The van der Waals surface area contributed by atoms with E-state index in [1.165, 1.54) is 11.0 Å². The van der Waals surface area contributed by atoms with Gasteiger partial charge in [0.05, 0.1) is 6.54 Å². The molecule has 0 bridgehead atoms. The number of hydrogen-bond acceptors (Lipinski definition) is 3. The summed E-state index contributed by atoms with van der Waals surface area (Å²) in [5.41, 5.74) is 0.353. The summed E-state index contributed by atoms with van der Waals surface area (Å²) >= 11 is 5.79. The number of carbonyl (C=O) groups is 3. The lowest BCUT2D eigenvalue weighted by molar-refractivity contribution is -0.144. The van der Waals surface area contributed by atoms with Gasteiger partial charge in [-0.3, -0.25) is 14.4 Å².